The Morgan fingerprint density at radius 1 is 1.23 bits per heavy atom. The minimum Gasteiger partial charge on any atom is -0.482 e. The van der Waals surface area contributed by atoms with E-state index in [9.17, 15) is 4.79 Å². The standard InChI is InChI=1S/C17H24N2O3/c1-2-3-6-19-15-5-4-14(11-16(15)22-13-17(19)20)12-18-7-9-21-10-8-18/h4-5,11H,2-3,6-10,12-13H2,1H3. The predicted molar refractivity (Wildman–Crippen MR) is 85.3 cm³/mol. The Labute approximate surface area is 131 Å². The number of unbranched alkanes of at least 4 members (excludes halogenated alkanes) is 1. The summed E-state index contributed by atoms with van der Waals surface area (Å²) in [5, 5.41) is 0. The topological polar surface area (TPSA) is 42.0 Å². The molecular formula is C17H24N2O3. The molecular weight excluding hydrogens is 280 g/mol. The third-order valence-electron chi connectivity index (χ3n) is 4.21. The van der Waals surface area contributed by atoms with E-state index in [2.05, 4.69) is 24.0 Å². The summed E-state index contributed by atoms with van der Waals surface area (Å²) < 4.78 is 11.0. The van der Waals surface area contributed by atoms with Gasteiger partial charge in [-0.25, -0.2) is 0 Å². The van der Waals surface area contributed by atoms with E-state index in [1.807, 2.05) is 11.0 Å². The molecule has 0 N–H and O–H groups in total. The van der Waals surface area contributed by atoms with Crippen molar-refractivity contribution in [2.75, 3.05) is 44.4 Å². The van der Waals surface area contributed by atoms with Gasteiger partial charge in [0.05, 0.1) is 18.9 Å². The van der Waals surface area contributed by atoms with Gasteiger partial charge in [0.2, 0.25) is 0 Å². The van der Waals surface area contributed by atoms with E-state index in [1.54, 1.807) is 0 Å². The molecule has 0 bridgehead atoms. The van der Waals surface area contributed by atoms with Gasteiger partial charge < -0.3 is 14.4 Å². The van der Waals surface area contributed by atoms with E-state index in [-0.39, 0.29) is 12.5 Å². The molecule has 1 saturated heterocycles. The lowest BCUT2D eigenvalue weighted by Crippen LogP contribution is -2.39. The summed E-state index contributed by atoms with van der Waals surface area (Å²) in [4.78, 5) is 16.3. The first-order chi connectivity index (χ1) is 10.8. The molecule has 0 aromatic heterocycles. The van der Waals surface area contributed by atoms with Crippen LogP contribution in [-0.2, 0) is 16.1 Å². The van der Waals surface area contributed by atoms with Crippen molar-refractivity contribution >= 4 is 11.6 Å². The highest BCUT2D eigenvalue weighted by Gasteiger charge is 2.25. The zero-order chi connectivity index (χ0) is 15.4. The maximum Gasteiger partial charge on any atom is 0.265 e. The van der Waals surface area contributed by atoms with Crippen LogP contribution in [0.2, 0.25) is 0 Å². The van der Waals surface area contributed by atoms with E-state index >= 15 is 0 Å². The van der Waals surface area contributed by atoms with E-state index in [0.717, 1.165) is 63.7 Å². The first-order valence-electron chi connectivity index (χ1n) is 8.14. The normalized spacial score (nSPS) is 19.0. The lowest BCUT2D eigenvalue weighted by molar-refractivity contribution is -0.121. The number of benzene rings is 1. The first kappa shape index (κ1) is 15.3. The second kappa shape index (κ2) is 7.11. The summed E-state index contributed by atoms with van der Waals surface area (Å²) in [5.74, 6) is 0.892. The average Bonchev–Trinajstić information content (AvgIpc) is 2.55. The average molecular weight is 304 g/mol. The van der Waals surface area contributed by atoms with Crippen LogP contribution in [0.5, 0.6) is 5.75 Å². The van der Waals surface area contributed by atoms with Gasteiger partial charge in [0.1, 0.15) is 5.75 Å². The number of morpholine rings is 1. The third-order valence-corrected chi connectivity index (χ3v) is 4.21. The van der Waals surface area contributed by atoms with Crippen molar-refractivity contribution in [1.82, 2.24) is 4.90 Å². The van der Waals surface area contributed by atoms with E-state index < -0.39 is 0 Å². The molecule has 2 heterocycles. The molecule has 2 aliphatic heterocycles. The van der Waals surface area contributed by atoms with Gasteiger partial charge in [-0.2, -0.15) is 0 Å². The molecule has 1 aromatic carbocycles. The Morgan fingerprint density at radius 3 is 2.82 bits per heavy atom. The molecule has 0 atom stereocenters. The maximum absolute atomic E-state index is 12.0. The molecule has 22 heavy (non-hydrogen) atoms. The molecule has 5 heteroatoms. The lowest BCUT2D eigenvalue weighted by Gasteiger charge is -2.31. The van der Waals surface area contributed by atoms with Crippen LogP contribution in [0.25, 0.3) is 0 Å². The van der Waals surface area contributed by atoms with Crippen LogP contribution in [0.4, 0.5) is 5.69 Å². The van der Waals surface area contributed by atoms with Crippen molar-refractivity contribution in [2.24, 2.45) is 0 Å². The van der Waals surface area contributed by atoms with Crippen molar-refractivity contribution in [3.63, 3.8) is 0 Å². The molecule has 0 aliphatic carbocycles. The van der Waals surface area contributed by atoms with Crippen LogP contribution in [-0.4, -0.2) is 50.3 Å². The molecule has 2 aliphatic rings. The largest absolute Gasteiger partial charge is 0.482 e. The Hall–Kier alpha value is -1.59. The lowest BCUT2D eigenvalue weighted by atomic mass is 10.1. The zero-order valence-corrected chi connectivity index (χ0v) is 13.2. The molecule has 3 rings (SSSR count). The summed E-state index contributed by atoms with van der Waals surface area (Å²) in [6.45, 7) is 7.52. The number of ether oxygens (including phenoxy) is 2. The Kier molecular flexibility index (Phi) is 4.95. The Morgan fingerprint density at radius 2 is 2.05 bits per heavy atom. The number of rotatable bonds is 5. The molecule has 1 fully saturated rings. The quantitative estimate of drug-likeness (QED) is 0.835. The highest BCUT2D eigenvalue weighted by molar-refractivity contribution is 5.97. The van der Waals surface area contributed by atoms with Gasteiger partial charge in [-0.1, -0.05) is 19.4 Å². The predicted octanol–water partition coefficient (Wildman–Crippen LogP) is 2.04. The number of carbonyl (C=O) groups excluding carboxylic acids is 1. The van der Waals surface area contributed by atoms with Gasteiger partial charge in [-0.15, -0.1) is 0 Å². The fourth-order valence-corrected chi connectivity index (χ4v) is 2.93. The number of nitrogens with zero attached hydrogens (tertiary/aromatic N) is 2. The second-order valence-corrected chi connectivity index (χ2v) is 5.88. The van der Waals surface area contributed by atoms with Crippen molar-refractivity contribution < 1.29 is 14.3 Å². The third kappa shape index (κ3) is 3.42. The van der Waals surface area contributed by atoms with Crippen LogP contribution in [0.15, 0.2) is 18.2 Å². The minimum atomic E-state index is 0.0573. The van der Waals surface area contributed by atoms with Crippen LogP contribution >= 0.6 is 0 Å². The van der Waals surface area contributed by atoms with Crippen molar-refractivity contribution in [1.29, 1.82) is 0 Å². The van der Waals surface area contributed by atoms with Gasteiger partial charge in [0.15, 0.2) is 6.61 Å². The monoisotopic (exact) mass is 304 g/mol. The molecule has 120 valence electrons. The fourth-order valence-electron chi connectivity index (χ4n) is 2.93. The van der Waals surface area contributed by atoms with Crippen molar-refractivity contribution in [3.05, 3.63) is 23.8 Å². The summed E-state index contributed by atoms with van der Waals surface area (Å²) in [7, 11) is 0. The fraction of sp³-hybridized carbons (Fsp3) is 0.588. The molecule has 0 saturated carbocycles. The second-order valence-electron chi connectivity index (χ2n) is 5.88. The van der Waals surface area contributed by atoms with Crippen LogP contribution in [0.3, 0.4) is 0 Å². The van der Waals surface area contributed by atoms with Crippen molar-refractivity contribution in [2.45, 2.75) is 26.3 Å². The van der Waals surface area contributed by atoms with Crippen molar-refractivity contribution in [3.8, 4) is 5.75 Å². The van der Waals surface area contributed by atoms with Gasteiger partial charge in [0.25, 0.3) is 5.91 Å². The van der Waals surface area contributed by atoms with E-state index in [4.69, 9.17) is 9.47 Å². The Bertz CT molecular complexity index is 527. The zero-order valence-electron chi connectivity index (χ0n) is 13.2. The summed E-state index contributed by atoms with van der Waals surface area (Å²) in [6.07, 6.45) is 2.09. The number of hydrogen-bond acceptors (Lipinski definition) is 4. The van der Waals surface area contributed by atoms with Gasteiger partial charge in [0, 0.05) is 26.2 Å². The minimum absolute atomic E-state index is 0.0573. The van der Waals surface area contributed by atoms with E-state index in [0.29, 0.717) is 0 Å². The number of amides is 1. The van der Waals surface area contributed by atoms with Gasteiger partial charge >= 0.3 is 0 Å². The molecule has 0 spiro atoms. The number of anilines is 1. The first-order valence-corrected chi connectivity index (χ1v) is 8.14. The van der Waals surface area contributed by atoms with Crippen LogP contribution in [0, 0.1) is 0 Å². The summed E-state index contributed by atoms with van der Waals surface area (Å²) in [5.41, 5.74) is 2.14. The Balaban J connectivity index is 1.73. The smallest absolute Gasteiger partial charge is 0.265 e. The van der Waals surface area contributed by atoms with Gasteiger partial charge in [-0.3, -0.25) is 9.69 Å². The molecule has 5 nitrogen and oxygen atoms in total. The molecule has 0 unspecified atom stereocenters. The number of fused-ring (bicyclic) bond motifs is 1. The van der Waals surface area contributed by atoms with Crippen LogP contribution in [0.1, 0.15) is 25.3 Å². The maximum atomic E-state index is 12.0. The highest BCUT2D eigenvalue weighted by atomic mass is 16.5. The SMILES string of the molecule is CCCCN1C(=O)COc2cc(CN3CCOCC3)ccc21. The molecule has 0 radical (unpaired) electrons. The van der Waals surface area contributed by atoms with Crippen LogP contribution < -0.4 is 9.64 Å². The number of hydrogen-bond donors (Lipinski definition) is 0. The summed E-state index contributed by atoms with van der Waals surface area (Å²) >= 11 is 0. The van der Waals surface area contributed by atoms with E-state index in [1.165, 1.54) is 5.56 Å². The molecule has 1 amide bonds. The van der Waals surface area contributed by atoms with Gasteiger partial charge in [-0.05, 0) is 24.1 Å². The summed E-state index contributed by atoms with van der Waals surface area (Å²) in [6, 6.07) is 6.21. The molecule has 1 aromatic rings. The number of carbonyl (C=O) groups is 1. The highest BCUT2D eigenvalue weighted by Crippen LogP contribution is 2.33.